The summed E-state index contributed by atoms with van der Waals surface area (Å²) in [5.74, 6) is 0.103. The topological polar surface area (TPSA) is 29.5 Å². The quantitative estimate of drug-likeness (QED) is 0.778. The molecule has 1 aromatic rings. The van der Waals surface area contributed by atoms with Gasteiger partial charge in [0.15, 0.2) is 0 Å². The van der Waals surface area contributed by atoms with E-state index in [1.54, 1.807) is 0 Å². The van der Waals surface area contributed by atoms with Crippen LogP contribution in [0.25, 0.3) is 0 Å². The van der Waals surface area contributed by atoms with Gasteiger partial charge in [0.25, 0.3) is 5.91 Å². The van der Waals surface area contributed by atoms with Gasteiger partial charge in [-0.15, -0.1) is 0 Å². The minimum Gasteiger partial charge on any atom is -0.378 e. The van der Waals surface area contributed by atoms with E-state index in [1.807, 2.05) is 29.2 Å². The molecule has 1 aliphatic heterocycles. The first-order valence-corrected chi connectivity index (χ1v) is 6.45. The molecule has 0 bridgehead atoms. The fourth-order valence-electron chi connectivity index (χ4n) is 1.74. The Morgan fingerprint density at radius 1 is 1.38 bits per heavy atom. The first kappa shape index (κ1) is 11.6. The maximum absolute atomic E-state index is 12.1. The zero-order valence-corrected chi connectivity index (χ0v) is 10.6. The molecule has 0 N–H and O–H groups in total. The van der Waals surface area contributed by atoms with Crippen LogP contribution in [0.2, 0.25) is 0 Å². The van der Waals surface area contributed by atoms with Crippen molar-refractivity contribution in [2.24, 2.45) is 0 Å². The normalized spacial score (nSPS) is 16.2. The van der Waals surface area contributed by atoms with E-state index >= 15 is 0 Å². The van der Waals surface area contributed by atoms with Crippen LogP contribution in [0.4, 0.5) is 0 Å². The van der Waals surface area contributed by atoms with Crippen LogP contribution in [-0.4, -0.2) is 37.1 Å². The third kappa shape index (κ3) is 2.62. The summed E-state index contributed by atoms with van der Waals surface area (Å²) in [6.45, 7) is 2.67. The Labute approximate surface area is 104 Å². The van der Waals surface area contributed by atoms with Crippen LogP contribution in [0.5, 0.6) is 0 Å². The Bertz CT molecular complexity index is 375. The molecule has 0 aromatic heterocycles. The molecule has 3 nitrogen and oxygen atoms in total. The van der Waals surface area contributed by atoms with Gasteiger partial charge >= 0.3 is 0 Å². The van der Waals surface area contributed by atoms with Crippen molar-refractivity contribution in [1.29, 1.82) is 0 Å². The Morgan fingerprint density at radius 3 is 2.81 bits per heavy atom. The smallest absolute Gasteiger partial charge is 0.254 e. The number of rotatable bonds is 2. The fourth-order valence-corrected chi connectivity index (χ4v) is 2.09. The number of carbonyl (C=O) groups excluding carboxylic acids is 1. The molecule has 0 aliphatic carbocycles. The Hall–Kier alpha value is -0.870. The maximum Gasteiger partial charge on any atom is 0.254 e. The van der Waals surface area contributed by atoms with E-state index < -0.39 is 0 Å². The van der Waals surface area contributed by atoms with Crippen molar-refractivity contribution in [3.8, 4) is 0 Å². The van der Waals surface area contributed by atoms with Gasteiger partial charge in [0.1, 0.15) is 0 Å². The lowest BCUT2D eigenvalue weighted by atomic mass is 10.1. The Balaban J connectivity index is 2.12. The third-order valence-electron chi connectivity index (χ3n) is 2.63. The van der Waals surface area contributed by atoms with Crippen LogP contribution in [0.1, 0.15) is 15.9 Å². The predicted molar refractivity (Wildman–Crippen MR) is 65.8 cm³/mol. The van der Waals surface area contributed by atoms with E-state index in [9.17, 15) is 4.79 Å². The van der Waals surface area contributed by atoms with Crippen LogP contribution in [-0.2, 0) is 10.1 Å². The summed E-state index contributed by atoms with van der Waals surface area (Å²) in [5, 5.41) is 0.775. The van der Waals surface area contributed by atoms with Gasteiger partial charge in [-0.2, -0.15) is 0 Å². The molecule has 16 heavy (non-hydrogen) atoms. The van der Waals surface area contributed by atoms with Crippen LogP contribution < -0.4 is 0 Å². The number of ether oxygens (including phenoxy) is 1. The highest BCUT2D eigenvalue weighted by Crippen LogP contribution is 2.12. The zero-order valence-electron chi connectivity index (χ0n) is 8.99. The summed E-state index contributed by atoms with van der Waals surface area (Å²) >= 11 is 3.39. The predicted octanol–water partition coefficient (Wildman–Crippen LogP) is 2.05. The molecule has 0 spiro atoms. The summed E-state index contributed by atoms with van der Waals surface area (Å²) in [6, 6.07) is 7.73. The number of halogens is 1. The second-order valence-corrected chi connectivity index (χ2v) is 4.30. The highest BCUT2D eigenvalue weighted by molar-refractivity contribution is 9.08. The third-order valence-corrected chi connectivity index (χ3v) is 3.27. The van der Waals surface area contributed by atoms with Crippen LogP contribution in [0.15, 0.2) is 24.3 Å². The van der Waals surface area contributed by atoms with Crippen molar-refractivity contribution in [3.63, 3.8) is 0 Å². The standard InChI is InChI=1S/C12H14BrNO2/c13-9-10-2-1-3-11(8-10)12(15)14-4-6-16-7-5-14/h1-3,8H,4-7,9H2. The van der Waals surface area contributed by atoms with E-state index in [0.717, 1.165) is 16.5 Å². The SMILES string of the molecule is O=C(c1cccc(CBr)c1)N1CCOCC1. The summed E-state index contributed by atoms with van der Waals surface area (Å²) in [5.41, 5.74) is 1.89. The average molecular weight is 284 g/mol. The molecule has 0 radical (unpaired) electrons. The van der Waals surface area contributed by atoms with Crippen molar-refractivity contribution < 1.29 is 9.53 Å². The van der Waals surface area contributed by atoms with Gasteiger partial charge in [-0.1, -0.05) is 28.1 Å². The van der Waals surface area contributed by atoms with E-state index in [2.05, 4.69) is 15.9 Å². The molecular formula is C12H14BrNO2. The van der Waals surface area contributed by atoms with Crippen LogP contribution in [0.3, 0.4) is 0 Å². The van der Waals surface area contributed by atoms with Crippen LogP contribution >= 0.6 is 15.9 Å². The lowest BCUT2D eigenvalue weighted by Crippen LogP contribution is -2.40. The van der Waals surface area contributed by atoms with E-state index in [-0.39, 0.29) is 5.91 Å². The Kier molecular flexibility index (Phi) is 3.96. The fraction of sp³-hybridized carbons (Fsp3) is 0.417. The number of alkyl halides is 1. The molecular weight excluding hydrogens is 270 g/mol. The van der Waals surface area contributed by atoms with Gasteiger partial charge in [-0.3, -0.25) is 4.79 Å². The molecule has 4 heteroatoms. The highest BCUT2D eigenvalue weighted by Gasteiger charge is 2.18. The number of benzene rings is 1. The lowest BCUT2D eigenvalue weighted by molar-refractivity contribution is 0.0303. The van der Waals surface area contributed by atoms with Crippen molar-refractivity contribution in [1.82, 2.24) is 4.90 Å². The number of nitrogens with zero attached hydrogens (tertiary/aromatic N) is 1. The number of hydrogen-bond acceptors (Lipinski definition) is 2. The molecule has 86 valence electrons. The van der Waals surface area contributed by atoms with Crippen molar-refractivity contribution in [2.45, 2.75) is 5.33 Å². The average Bonchev–Trinajstić information content (AvgIpc) is 2.39. The highest BCUT2D eigenvalue weighted by atomic mass is 79.9. The maximum atomic E-state index is 12.1. The molecule has 0 unspecified atom stereocenters. The Morgan fingerprint density at radius 2 is 2.12 bits per heavy atom. The van der Waals surface area contributed by atoms with E-state index in [4.69, 9.17) is 4.74 Å². The molecule has 0 saturated carbocycles. The van der Waals surface area contributed by atoms with Crippen molar-refractivity contribution in [2.75, 3.05) is 26.3 Å². The number of amides is 1. The van der Waals surface area contributed by atoms with Gasteiger partial charge in [0.2, 0.25) is 0 Å². The molecule has 1 amide bonds. The van der Waals surface area contributed by atoms with Gasteiger partial charge in [-0.05, 0) is 17.7 Å². The van der Waals surface area contributed by atoms with Gasteiger partial charge < -0.3 is 9.64 Å². The summed E-state index contributed by atoms with van der Waals surface area (Å²) < 4.78 is 5.23. The summed E-state index contributed by atoms with van der Waals surface area (Å²) in [7, 11) is 0. The van der Waals surface area contributed by atoms with Gasteiger partial charge in [0.05, 0.1) is 13.2 Å². The molecule has 1 saturated heterocycles. The molecule has 0 atom stereocenters. The number of morpholine rings is 1. The molecule has 1 aromatic carbocycles. The van der Waals surface area contributed by atoms with Gasteiger partial charge in [-0.25, -0.2) is 0 Å². The first-order valence-electron chi connectivity index (χ1n) is 5.33. The summed E-state index contributed by atoms with van der Waals surface area (Å²) in [4.78, 5) is 14.0. The molecule has 1 aliphatic rings. The number of hydrogen-bond donors (Lipinski definition) is 0. The largest absolute Gasteiger partial charge is 0.378 e. The zero-order chi connectivity index (χ0) is 11.4. The van der Waals surface area contributed by atoms with Crippen molar-refractivity contribution >= 4 is 21.8 Å². The molecule has 2 rings (SSSR count). The monoisotopic (exact) mass is 283 g/mol. The van der Waals surface area contributed by atoms with E-state index in [0.29, 0.717) is 26.3 Å². The second-order valence-electron chi connectivity index (χ2n) is 3.74. The van der Waals surface area contributed by atoms with Crippen LogP contribution in [0, 0.1) is 0 Å². The summed E-state index contributed by atoms with van der Waals surface area (Å²) in [6.07, 6.45) is 0. The molecule has 1 fully saturated rings. The lowest BCUT2D eigenvalue weighted by Gasteiger charge is -2.26. The first-order chi connectivity index (χ1) is 7.81. The minimum absolute atomic E-state index is 0.103. The van der Waals surface area contributed by atoms with Crippen molar-refractivity contribution in [3.05, 3.63) is 35.4 Å². The van der Waals surface area contributed by atoms with Gasteiger partial charge in [0, 0.05) is 24.0 Å². The second kappa shape index (κ2) is 5.46. The van der Waals surface area contributed by atoms with E-state index in [1.165, 1.54) is 0 Å². The molecule has 1 heterocycles. The number of carbonyl (C=O) groups is 1. The minimum atomic E-state index is 0.103.